The maximum absolute atomic E-state index is 12.3. The molecule has 0 saturated carbocycles. The first kappa shape index (κ1) is 14.4. The van der Waals surface area contributed by atoms with E-state index in [2.05, 4.69) is 20.9 Å². The molecule has 2 heterocycles. The molecule has 0 aliphatic carbocycles. The van der Waals surface area contributed by atoms with E-state index < -0.39 is 11.2 Å². The fourth-order valence-corrected chi connectivity index (χ4v) is 2.27. The Morgan fingerprint density at radius 3 is 2.91 bits per heavy atom. The third-order valence-electron chi connectivity index (χ3n) is 3.39. The molecule has 23 heavy (non-hydrogen) atoms. The Balaban J connectivity index is 2.10. The number of terminal acetylenes is 1. The van der Waals surface area contributed by atoms with Crippen molar-refractivity contribution in [3.8, 4) is 12.3 Å². The first-order valence-corrected chi connectivity index (χ1v) is 6.78. The van der Waals surface area contributed by atoms with Crippen molar-refractivity contribution in [2.45, 2.75) is 6.54 Å². The average Bonchev–Trinajstić information content (AvgIpc) is 2.94. The van der Waals surface area contributed by atoms with E-state index in [1.807, 2.05) is 24.3 Å². The van der Waals surface area contributed by atoms with E-state index in [0.717, 1.165) is 21.0 Å². The second-order valence-corrected chi connectivity index (χ2v) is 4.84. The number of nitrogens with two attached hydrogens (primary N) is 1. The number of nitrogen functional groups attached to an aromatic ring is 1. The number of nitrogens with one attached hydrogen (secondary N) is 2. The summed E-state index contributed by atoms with van der Waals surface area (Å²) >= 11 is 0. The molecule has 0 radical (unpaired) electrons. The summed E-state index contributed by atoms with van der Waals surface area (Å²) in [6.07, 6.45) is 8.46. The molecule has 3 aromatic rings. The Bertz CT molecular complexity index is 1060. The fourth-order valence-electron chi connectivity index (χ4n) is 2.27. The van der Waals surface area contributed by atoms with Gasteiger partial charge in [0.2, 0.25) is 0 Å². The highest BCUT2D eigenvalue weighted by Crippen LogP contribution is 2.17. The molecule has 0 aliphatic heterocycles. The smallest absolute Gasteiger partial charge is 0.330 e. The summed E-state index contributed by atoms with van der Waals surface area (Å²) in [5.74, 6) is 2.16. The van der Waals surface area contributed by atoms with Gasteiger partial charge in [-0.3, -0.25) is 9.78 Å². The second-order valence-electron chi connectivity index (χ2n) is 4.84. The van der Waals surface area contributed by atoms with Crippen LogP contribution >= 0.6 is 0 Å². The number of benzene rings is 1. The van der Waals surface area contributed by atoms with Crippen molar-refractivity contribution >= 4 is 28.6 Å². The highest BCUT2D eigenvalue weighted by atomic mass is 16.2. The van der Waals surface area contributed by atoms with Crippen LogP contribution < -0.4 is 17.0 Å². The molecule has 3 rings (SSSR count). The summed E-state index contributed by atoms with van der Waals surface area (Å²) < 4.78 is 0.873. The third kappa shape index (κ3) is 2.53. The topological polar surface area (TPSA) is 109 Å². The van der Waals surface area contributed by atoms with Crippen molar-refractivity contribution < 1.29 is 0 Å². The number of rotatable bonds is 3. The van der Waals surface area contributed by atoms with E-state index in [1.54, 1.807) is 6.20 Å². The zero-order valence-electron chi connectivity index (χ0n) is 12.0. The van der Waals surface area contributed by atoms with Crippen LogP contribution in [0.3, 0.4) is 0 Å². The van der Waals surface area contributed by atoms with Crippen molar-refractivity contribution in [2.75, 3.05) is 5.73 Å². The van der Waals surface area contributed by atoms with Gasteiger partial charge in [0.25, 0.3) is 5.56 Å². The van der Waals surface area contributed by atoms with Gasteiger partial charge in [0.1, 0.15) is 5.82 Å². The molecule has 1 aromatic carbocycles. The van der Waals surface area contributed by atoms with Crippen molar-refractivity contribution in [3.05, 3.63) is 56.9 Å². The molecule has 4 N–H and O–H groups in total. The molecule has 0 saturated heterocycles. The van der Waals surface area contributed by atoms with E-state index in [-0.39, 0.29) is 18.1 Å². The minimum Gasteiger partial charge on any atom is -0.383 e. The van der Waals surface area contributed by atoms with E-state index >= 15 is 0 Å². The van der Waals surface area contributed by atoms with Gasteiger partial charge in [0, 0.05) is 28.9 Å². The Morgan fingerprint density at radius 2 is 2.13 bits per heavy atom. The van der Waals surface area contributed by atoms with Crippen LogP contribution in [0.5, 0.6) is 0 Å². The molecule has 7 heteroatoms. The average molecular weight is 307 g/mol. The standard InChI is InChI=1S/C16H13N5O2/c1-2-7-21-15(22)13(14(17)20-16(21)23)19-9-10-8-18-12-6-4-3-5-11(10)12/h1,3-6,8-9,18H,7,17H2,(H,20,23). The number of aromatic nitrogens is 3. The van der Waals surface area contributed by atoms with E-state index in [4.69, 9.17) is 12.2 Å². The number of nitrogens with zero attached hydrogens (tertiary/aromatic N) is 2. The Labute approximate surface area is 130 Å². The number of fused-ring (bicyclic) bond motifs is 1. The number of hydrogen-bond donors (Lipinski definition) is 3. The maximum atomic E-state index is 12.3. The quantitative estimate of drug-likeness (QED) is 0.495. The van der Waals surface area contributed by atoms with Crippen LogP contribution in [-0.2, 0) is 6.54 Å². The molecule has 0 unspecified atom stereocenters. The van der Waals surface area contributed by atoms with Crippen molar-refractivity contribution in [2.24, 2.45) is 4.99 Å². The summed E-state index contributed by atoms with van der Waals surface area (Å²) in [6.45, 7) is -0.149. The number of aromatic amines is 2. The largest absolute Gasteiger partial charge is 0.383 e. The lowest BCUT2D eigenvalue weighted by atomic mass is 10.2. The van der Waals surface area contributed by atoms with Crippen molar-refractivity contribution in [3.63, 3.8) is 0 Å². The first-order chi connectivity index (χ1) is 11.1. The SMILES string of the molecule is C#CCn1c(=O)[nH]c(N)c(N=Cc2c[nH]c3ccccc23)c1=O. The molecule has 0 amide bonds. The summed E-state index contributed by atoms with van der Waals surface area (Å²) in [4.78, 5) is 33.6. The van der Waals surface area contributed by atoms with Gasteiger partial charge >= 0.3 is 5.69 Å². The number of aliphatic imine (C=N–C) groups is 1. The first-order valence-electron chi connectivity index (χ1n) is 6.78. The van der Waals surface area contributed by atoms with Crippen LogP contribution in [0.15, 0.2) is 45.0 Å². The fraction of sp³-hybridized carbons (Fsp3) is 0.0625. The zero-order valence-corrected chi connectivity index (χ0v) is 12.0. The molecule has 0 fully saturated rings. The maximum Gasteiger partial charge on any atom is 0.330 e. The van der Waals surface area contributed by atoms with Gasteiger partial charge in [0.05, 0.1) is 6.54 Å². The summed E-state index contributed by atoms with van der Waals surface area (Å²) in [5, 5.41) is 0.961. The molecular formula is C16H13N5O2. The Kier molecular flexibility index (Phi) is 3.57. The lowest BCUT2D eigenvalue weighted by Gasteiger charge is -2.03. The molecule has 0 atom stereocenters. The number of para-hydroxylation sites is 1. The molecule has 2 aromatic heterocycles. The molecule has 114 valence electrons. The van der Waals surface area contributed by atoms with Gasteiger partial charge in [-0.05, 0) is 6.07 Å². The monoisotopic (exact) mass is 307 g/mol. The summed E-state index contributed by atoms with van der Waals surface area (Å²) in [6, 6.07) is 7.68. The number of hydrogen-bond acceptors (Lipinski definition) is 4. The van der Waals surface area contributed by atoms with Gasteiger partial charge in [0.15, 0.2) is 5.69 Å². The van der Waals surface area contributed by atoms with Gasteiger partial charge in [-0.2, -0.15) is 0 Å². The van der Waals surface area contributed by atoms with E-state index in [9.17, 15) is 9.59 Å². The summed E-state index contributed by atoms with van der Waals surface area (Å²) in [7, 11) is 0. The molecule has 0 bridgehead atoms. The molecule has 7 nitrogen and oxygen atoms in total. The molecule has 0 spiro atoms. The van der Waals surface area contributed by atoms with Crippen molar-refractivity contribution in [1.82, 2.24) is 14.5 Å². The minimum absolute atomic E-state index is 0.0508. The number of anilines is 1. The number of H-pyrrole nitrogens is 2. The second kappa shape index (κ2) is 5.69. The molecule has 0 aliphatic rings. The van der Waals surface area contributed by atoms with Gasteiger partial charge in [-0.1, -0.05) is 24.1 Å². The van der Waals surface area contributed by atoms with E-state index in [0.29, 0.717) is 0 Å². The third-order valence-corrected chi connectivity index (χ3v) is 3.39. The minimum atomic E-state index is -0.656. The zero-order chi connectivity index (χ0) is 16.4. The van der Waals surface area contributed by atoms with Gasteiger partial charge < -0.3 is 10.7 Å². The van der Waals surface area contributed by atoms with Crippen LogP contribution in [-0.4, -0.2) is 20.7 Å². The van der Waals surface area contributed by atoms with Crippen molar-refractivity contribution in [1.29, 1.82) is 0 Å². The Morgan fingerprint density at radius 1 is 1.35 bits per heavy atom. The van der Waals surface area contributed by atoms with Crippen LogP contribution in [0.1, 0.15) is 5.56 Å². The lowest BCUT2D eigenvalue weighted by Crippen LogP contribution is -2.35. The van der Waals surface area contributed by atoms with Gasteiger partial charge in [-0.15, -0.1) is 6.42 Å². The lowest BCUT2D eigenvalue weighted by molar-refractivity contribution is 0.731. The summed E-state index contributed by atoms with van der Waals surface area (Å²) in [5.41, 5.74) is 6.12. The predicted molar refractivity (Wildman–Crippen MR) is 90.1 cm³/mol. The molecular weight excluding hydrogens is 294 g/mol. The van der Waals surface area contributed by atoms with Crippen LogP contribution in [0.2, 0.25) is 0 Å². The van der Waals surface area contributed by atoms with Crippen LogP contribution in [0, 0.1) is 12.3 Å². The highest BCUT2D eigenvalue weighted by molar-refractivity contribution is 5.99. The van der Waals surface area contributed by atoms with Gasteiger partial charge in [-0.25, -0.2) is 14.4 Å². The normalized spacial score (nSPS) is 11.1. The van der Waals surface area contributed by atoms with Crippen LogP contribution in [0.25, 0.3) is 10.9 Å². The van der Waals surface area contributed by atoms with E-state index in [1.165, 1.54) is 6.21 Å². The Hall–Kier alpha value is -3.53. The van der Waals surface area contributed by atoms with Crippen LogP contribution in [0.4, 0.5) is 11.5 Å². The predicted octanol–water partition coefficient (Wildman–Crippen LogP) is 0.984. The highest BCUT2D eigenvalue weighted by Gasteiger charge is 2.10.